The number of nitrogens with zero attached hydrogens (tertiary/aromatic N) is 3. The van der Waals surface area contributed by atoms with Crippen LogP contribution in [0.4, 0.5) is 0 Å². The molecule has 1 atom stereocenters. The van der Waals surface area contributed by atoms with Crippen LogP contribution in [0.25, 0.3) is 6.08 Å². The lowest BCUT2D eigenvalue weighted by Crippen LogP contribution is -2.42. The Bertz CT molecular complexity index is 853. The van der Waals surface area contributed by atoms with Gasteiger partial charge in [0, 0.05) is 45.6 Å². The number of amides is 1. The van der Waals surface area contributed by atoms with Gasteiger partial charge in [-0.15, -0.1) is 0 Å². The van der Waals surface area contributed by atoms with E-state index in [4.69, 9.17) is 9.47 Å². The van der Waals surface area contributed by atoms with Gasteiger partial charge in [-0.1, -0.05) is 48.6 Å². The van der Waals surface area contributed by atoms with Gasteiger partial charge in [-0.3, -0.25) is 14.7 Å². The molecule has 2 aliphatic heterocycles. The van der Waals surface area contributed by atoms with Crippen molar-refractivity contribution in [3.8, 4) is 0 Å². The van der Waals surface area contributed by atoms with Crippen LogP contribution >= 0.6 is 0 Å². The fourth-order valence-electron chi connectivity index (χ4n) is 4.30. The van der Waals surface area contributed by atoms with Crippen molar-refractivity contribution in [2.24, 2.45) is 5.92 Å². The van der Waals surface area contributed by atoms with Gasteiger partial charge in [-0.25, -0.2) is 0 Å². The van der Waals surface area contributed by atoms with E-state index in [2.05, 4.69) is 34.2 Å². The first-order valence-electron chi connectivity index (χ1n) is 11.6. The smallest absolute Gasteiger partial charge is 0.236 e. The van der Waals surface area contributed by atoms with Crippen LogP contribution < -0.4 is 0 Å². The minimum Gasteiger partial charge on any atom is -0.381 e. The average molecular weight is 436 g/mol. The van der Waals surface area contributed by atoms with Gasteiger partial charge in [0.2, 0.25) is 5.91 Å². The summed E-state index contributed by atoms with van der Waals surface area (Å²) in [6.45, 7) is 5.33. The third kappa shape index (κ3) is 6.99. The molecule has 2 aromatic rings. The third-order valence-electron chi connectivity index (χ3n) is 6.08. The summed E-state index contributed by atoms with van der Waals surface area (Å²) in [5.41, 5.74) is 2.08. The minimum atomic E-state index is -0.0478. The van der Waals surface area contributed by atoms with Gasteiger partial charge in [0.25, 0.3) is 0 Å². The molecule has 1 amide bonds. The summed E-state index contributed by atoms with van der Waals surface area (Å²) >= 11 is 0. The van der Waals surface area contributed by atoms with Crippen LogP contribution in [0.5, 0.6) is 0 Å². The van der Waals surface area contributed by atoms with Crippen LogP contribution in [0.2, 0.25) is 0 Å². The van der Waals surface area contributed by atoms with E-state index in [1.165, 1.54) is 0 Å². The van der Waals surface area contributed by atoms with Crippen molar-refractivity contribution in [3.63, 3.8) is 0 Å². The SMILES string of the molecule is O=C1CN(CC=Cc2ccccc2)CC(OCc2ccccn2)CN1CC1CCOCC1. The maximum Gasteiger partial charge on any atom is 0.236 e. The predicted molar refractivity (Wildman–Crippen MR) is 125 cm³/mol. The molecule has 0 radical (unpaired) electrons. The molecule has 0 N–H and O–H groups in total. The third-order valence-corrected chi connectivity index (χ3v) is 6.08. The van der Waals surface area contributed by atoms with Crippen LogP contribution in [-0.2, 0) is 20.9 Å². The molecule has 1 unspecified atom stereocenters. The molecule has 6 heteroatoms. The molecule has 1 aromatic carbocycles. The normalized spacial score (nSPS) is 21.2. The lowest BCUT2D eigenvalue weighted by Gasteiger charge is -2.30. The maximum atomic E-state index is 13.1. The molecule has 6 nitrogen and oxygen atoms in total. The van der Waals surface area contributed by atoms with Crippen LogP contribution in [-0.4, -0.2) is 72.7 Å². The zero-order chi connectivity index (χ0) is 22.0. The van der Waals surface area contributed by atoms with Gasteiger partial charge in [0.05, 0.1) is 24.9 Å². The molecular weight excluding hydrogens is 402 g/mol. The van der Waals surface area contributed by atoms with E-state index < -0.39 is 0 Å². The number of rotatable bonds is 8. The predicted octanol–water partition coefficient (Wildman–Crippen LogP) is 3.25. The van der Waals surface area contributed by atoms with E-state index in [1.807, 2.05) is 41.3 Å². The van der Waals surface area contributed by atoms with Gasteiger partial charge in [0.15, 0.2) is 0 Å². The fraction of sp³-hybridized carbons (Fsp3) is 0.462. The Morgan fingerprint density at radius 3 is 2.66 bits per heavy atom. The Labute approximate surface area is 190 Å². The monoisotopic (exact) mass is 435 g/mol. The second-order valence-corrected chi connectivity index (χ2v) is 8.62. The van der Waals surface area contributed by atoms with Crippen molar-refractivity contribution in [1.29, 1.82) is 0 Å². The Balaban J connectivity index is 1.40. The zero-order valence-corrected chi connectivity index (χ0v) is 18.6. The summed E-state index contributed by atoms with van der Waals surface area (Å²) in [7, 11) is 0. The number of aromatic nitrogens is 1. The minimum absolute atomic E-state index is 0.0478. The standard InChI is InChI=1S/C26H33N3O3/c30-26-20-28(14-6-9-22-7-2-1-3-8-22)18-25(32-21-24-10-4-5-13-27-24)19-29(26)17-23-11-15-31-16-12-23/h1-10,13,23,25H,11-12,14-21H2. The molecule has 170 valence electrons. The highest BCUT2D eigenvalue weighted by Crippen LogP contribution is 2.19. The van der Waals surface area contributed by atoms with Crippen molar-refractivity contribution in [2.75, 3.05) is 45.9 Å². The highest BCUT2D eigenvalue weighted by atomic mass is 16.5. The Kier molecular flexibility index (Phi) is 8.42. The lowest BCUT2D eigenvalue weighted by atomic mass is 9.99. The lowest BCUT2D eigenvalue weighted by molar-refractivity contribution is -0.133. The Morgan fingerprint density at radius 2 is 1.88 bits per heavy atom. The van der Waals surface area contributed by atoms with Crippen molar-refractivity contribution >= 4 is 12.0 Å². The molecule has 0 saturated carbocycles. The Hall–Kier alpha value is -2.54. The topological polar surface area (TPSA) is 54.9 Å². The van der Waals surface area contributed by atoms with E-state index in [1.54, 1.807) is 6.20 Å². The van der Waals surface area contributed by atoms with E-state index >= 15 is 0 Å². The molecule has 2 fully saturated rings. The molecule has 3 heterocycles. The number of benzene rings is 1. The second kappa shape index (κ2) is 11.9. The van der Waals surface area contributed by atoms with E-state index in [9.17, 15) is 4.79 Å². The van der Waals surface area contributed by atoms with Gasteiger partial charge in [-0.05, 0) is 36.5 Å². The van der Waals surface area contributed by atoms with Crippen molar-refractivity contribution in [1.82, 2.24) is 14.8 Å². The first-order chi connectivity index (χ1) is 15.8. The summed E-state index contributed by atoms with van der Waals surface area (Å²) in [6, 6.07) is 16.1. The first kappa shape index (κ1) is 22.6. The fourth-order valence-corrected chi connectivity index (χ4v) is 4.30. The number of carbonyl (C=O) groups excluding carboxylic acids is 1. The zero-order valence-electron chi connectivity index (χ0n) is 18.6. The molecule has 0 bridgehead atoms. The number of ether oxygens (including phenoxy) is 2. The summed E-state index contributed by atoms with van der Waals surface area (Å²) < 4.78 is 11.8. The molecule has 2 saturated heterocycles. The van der Waals surface area contributed by atoms with Crippen LogP contribution in [0.1, 0.15) is 24.1 Å². The van der Waals surface area contributed by atoms with Crippen molar-refractivity contribution < 1.29 is 14.3 Å². The average Bonchev–Trinajstić information content (AvgIpc) is 2.98. The van der Waals surface area contributed by atoms with E-state index in [0.29, 0.717) is 25.6 Å². The summed E-state index contributed by atoms with van der Waals surface area (Å²) in [4.78, 5) is 21.7. The molecule has 32 heavy (non-hydrogen) atoms. The van der Waals surface area contributed by atoms with Gasteiger partial charge in [0.1, 0.15) is 0 Å². The molecule has 4 rings (SSSR count). The Morgan fingerprint density at radius 1 is 1.06 bits per heavy atom. The number of carbonyl (C=O) groups is 1. The largest absolute Gasteiger partial charge is 0.381 e. The summed E-state index contributed by atoms with van der Waals surface area (Å²) in [5, 5.41) is 0. The van der Waals surface area contributed by atoms with Gasteiger partial charge in [-0.2, -0.15) is 0 Å². The van der Waals surface area contributed by atoms with E-state index in [0.717, 1.165) is 56.9 Å². The quantitative estimate of drug-likeness (QED) is 0.637. The van der Waals surface area contributed by atoms with Crippen LogP contribution in [0.15, 0.2) is 60.8 Å². The van der Waals surface area contributed by atoms with Crippen LogP contribution in [0, 0.1) is 5.92 Å². The van der Waals surface area contributed by atoms with Crippen molar-refractivity contribution in [2.45, 2.75) is 25.6 Å². The summed E-state index contributed by atoms with van der Waals surface area (Å²) in [6.07, 6.45) is 8.02. The second-order valence-electron chi connectivity index (χ2n) is 8.62. The number of hydrogen-bond acceptors (Lipinski definition) is 5. The highest BCUT2D eigenvalue weighted by molar-refractivity contribution is 5.78. The summed E-state index contributed by atoms with van der Waals surface area (Å²) in [5.74, 6) is 0.696. The first-order valence-corrected chi connectivity index (χ1v) is 11.6. The van der Waals surface area contributed by atoms with Crippen molar-refractivity contribution in [3.05, 3.63) is 72.1 Å². The molecule has 0 aliphatic carbocycles. The number of pyridine rings is 1. The number of hydrogen-bond donors (Lipinski definition) is 0. The molecule has 0 spiro atoms. The molecule has 2 aliphatic rings. The van der Waals surface area contributed by atoms with Gasteiger partial charge < -0.3 is 14.4 Å². The molecular formula is C26H33N3O3. The van der Waals surface area contributed by atoms with Crippen LogP contribution in [0.3, 0.4) is 0 Å². The maximum absolute atomic E-state index is 13.1. The molecule has 1 aromatic heterocycles. The van der Waals surface area contributed by atoms with E-state index in [-0.39, 0.29) is 12.0 Å². The highest BCUT2D eigenvalue weighted by Gasteiger charge is 2.30. The van der Waals surface area contributed by atoms with Gasteiger partial charge >= 0.3 is 0 Å².